The van der Waals surface area contributed by atoms with Crippen molar-refractivity contribution in [1.82, 2.24) is 15.1 Å². The quantitative estimate of drug-likeness (QED) is 0.883. The van der Waals surface area contributed by atoms with Crippen LogP contribution in [0.4, 0.5) is 0 Å². The maximum Gasteiger partial charge on any atom is 0.0521 e. The first-order valence-corrected chi connectivity index (χ1v) is 7.45. The number of nitrogens with one attached hydrogen (secondary N) is 1. The van der Waals surface area contributed by atoms with Crippen molar-refractivity contribution in [3.63, 3.8) is 0 Å². The van der Waals surface area contributed by atoms with E-state index in [1.165, 1.54) is 15.6 Å². The van der Waals surface area contributed by atoms with Gasteiger partial charge in [0, 0.05) is 23.8 Å². The van der Waals surface area contributed by atoms with Crippen LogP contribution in [0.15, 0.2) is 41.1 Å². The molecule has 1 unspecified atom stereocenters. The lowest BCUT2D eigenvalue weighted by Crippen LogP contribution is -2.21. The fraction of sp³-hybridized carbons (Fsp3) is 0.400. The lowest BCUT2D eigenvalue weighted by atomic mass is 10.00. The summed E-state index contributed by atoms with van der Waals surface area (Å²) < 4.78 is 3.03. The SMILES string of the molecule is CCNC(CCc1cnn(C)c1)c1ccccc1Br. The molecule has 1 atom stereocenters. The molecule has 1 N–H and O–H groups in total. The van der Waals surface area contributed by atoms with Crippen molar-refractivity contribution in [3.8, 4) is 0 Å². The number of nitrogens with zero attached hydrogens (tertiary/aromatic N) is 2. The summed E-state index contributed by atoms with van der Waals surface area (Å²) in [5.41, 5.74) is 2.62. The minimum atomic E-state index is 0.376. The number of hydrogen-bond donors (Lipinski definition) is 1. The predicted molar refractivity (Wildman–Crippen MR) is 82.1 cm³/mol. The molecule has 0 radical (unpaired) electrons. The Morgan fingerprint density at radius 2 is 2.16 bits per heavy atom. The second kappa shape index (κ2) is 6.87. The molecule has 2 aromatic rings. The average molecular weight is 322 g/mol. The Morgan fingerprint density at radius 3 is 2.79 bits per heavy atom. The molecule has 0 aliphatic carbocycles. The van der Waals surface area contributed by atoms with Gasteiger partial charge in [0.25, 0.3) is 0 Å². The van der Waals surface area contributed by atoms with E-state index in [2.05, 4.69) is 63.7 Å². The van der Waals surface area contributed by atoms with Crippen LogP contribution in [0.3, 0.4) is 0 Å². The van der Waals surface area contributed by atoms with Crippen molar-refractivity contribution in [3.05, 3.63) is 52.3 Å². The van der Waals surface area contributed by atoms with E-state index in [1.807, 2.05) is 17.9 Å². The smallest absolute Gasteiger partial charge is 0.0521 e. The van der Waals surface area contributed by atoms with Gasteiger partial charge in [-0.3, -0.25) is 4.68 Å². The van der Waals surface area contributed by atoms with E-state index in [4.69, 9.17) is 0 Å². The minimum absolute atomic E-state index is 0.376. The summed E-state index contributed by atoms with van der Waals surface area (Å²) in [6, 6.07) is 8.80. The van der Waals surface area contributed by atoms with E-state index in [-0.39, 0.29) is 0 Å². The van der Waals surface area contributed by atoms with Crippen molar-refractivity contribution >= 4 is 15.9 Å². The number of aromatic nitrogens is 2. The van der Waals surface area contributed by atoms with Gasteiger partial charge in [0.05, 0.1) is 6.20 Å². The molecule has 1 heterocycles. The summed E-state index contributed by atoms with van der Waals surface area (Å²) in [4.78, 5) is 0. The van der Waals surface area contributed by atoms with Crippen LogP contribution in [0.1, 0.15) is 30.5 Å². The van der Waals surface area contributed by atoms with E-state index in [0.717, 1.165) is 19.4 Å². The lowest BCUT2D eigenvalue weighted by Gasteiger charge is -2.19. The van der Waals surface area contributed by atoms with Crippen LogP contribution in [0, 0.1) is 0 Å². The van der Waals surface area contributed by atoms with Gasteiger partial charge in [-0.1, -0.05) is 41.1 Å². The molecule has 0 aliphatic heterocycles. The van der Waals surface area contributed by atoms with Gasteiger partial charge in [-0.15, -0.1) is 0 Å². The minimum Gasteiger partial charge on any atom is -0.310 e. The summed E-state index contributed by atoms with van der Waals surface area (Å²) in [6.45, 7) is 3.12. The van der Waals surface area contributed by atoms with Crippen molar-refractivity contribution in [1.29, 1.82) is 0 Å². The van der Waals surface area contributed by atoms with Crippen LogP contribution >= 0.6 is 15.9 Å². The van der Waals surface area contributed by atoms with Crippen LogP contribution in [-0.2, 0) is 13.5 Å². The van der Waals surface area contributed by atoms with Gasteiger partial charge < -0.3 is 5.32 Å². The van der Waals surface area contributed by atoms with E-state index >= 15 is 0 Å². The largest absolute Gasteiger partial charge is 0.310 e. The summed E-state index contributed by atoms with van der Waals surface area (Å²) in [7, 11) is 1.96. The van der Waals surface area contributed by atoms with E-state index < -0.39 is 0 Å². The molecule has 0 fully saturated rings. The Morgan fingerprint density at radius 1 is 1.37 bits per heavy atom. The summed E-state index contributed by atoms with van der Waals surface area (Å²) in [6.07, 6.45) is 6.14. The summed E-state index contributed by atoms with van der Waals surface area (Å²) in [5.74, 6) is 0. The Balaban J connectivity index is 2.06. The highest BCUT2D eigenvalue weighted by molar-refractivity contribution is 9.10. The molecule has 102 valence electrons. The van der Waals surface area contributed by atoms with Crippen LogP contribution in [0.5, 0.6) is 0 Å². The highest BCUT2D eigenvalue weighted by Gasteiger charge is 2.13. The maximum atomic E-state index is 4.22. The number of aryl methyl sites for hydroxylation is 2. The van der Waals surface area contributed by atoms with Crippen LogP contribution in [-0.4, -0.2) is 16.3 Å². The van der Waals surface area contributed by atoms with E-state index in [0.29, 0.717) is 6.04 Å². The van der Waals surface area contributed by atoms with Crippen LogP contribution in [0.25, 0.3) is 0 Å². The molecule has 1 aromatic heterocycles. The third-order valence-electron chi connectivity index (χ3n) is 3.21. The van der Waals surface area contributed by atoms with Crippen molar-refractivity contribution in [2.24, 2.45) is 7.05 Å². The molecule has 0 amide bonds. The lowest BCUT2D eigenvalue weighted by molar-refractivity contribution is 0.513. The Hall–Kier alpha value is -1.13. The van der Waals surface area contributed by atoms with Crippen molar-refractivity contribution < 1.29 is 0 Å². The van der Waals surface area contributed by atoms with Gasteiger partial charge in [-0.2, -0.15) is 5.10 Å². The predicted octanol–water partition coefficient (Wildman–Crippen LogP) is 3.47. The normalized spacial score (nSPS) is 12.6. The zero-order valence-electron chi connectivity index (χ0n) is 11.4. The third kappa shape index (κ3) is 3.91. The molecular weight excluding hydrogens is 302 g/mol. The first kappa shape index (κ1) is 14.3. The molecule has 0 aliphatic rings. The number of hydrogen-bond acceptors (Lipinski definition) is 2. The summed E-state index contributed by atoms with van der Waals surface area (Å²) >= 11 is 3.64. The Labute approximate surface area is 123 Å². The molecule has 4 heteroatoms. The first-order chi connectivity index (χ1) is 9.20. The Bertz CT molecular complexity index is 522. The van der Waals surface area contributed by atoms with Gasteiger partial charge >= 0.3 is 0 Å². The van der Waals surface area contributed by atoms with Gasteiger partial charge in [0.1, 0.15) is 0 Å². The van der Waals surface area contributed by atoms with Gasteiger partial charge in [-0.05, 0) is 36.6 Å². The molecule has 3 nitrogen and oxygen atoms in total. The summed E-state index contributed by atoms with van der Waals surface area (Å²) in [5, 5.41) is 7.78. The Kier molecular flexibility index (Phi) is 5.16. The van der Waals surface area contributed by atoms with Crippen LogP contribution < -0.4 is 5.32 Å². The first-order valence-electron chi connectivity index (χ1n) is 6.66. The monoisotopic (exact) mass is 321 g/mol. The fourth-order valence-electron chi connectivity index (χ4n) is 2.28. The number of halogens is 1. The highest BCUT2D eigenvalue weighted by atomic mass is 79.9. The number of rotatable bonds is 6. The molecule has 19 heavy (non-hydrogen) atoms. The maximum absolute atomic E-state index is 4.22. The van der Waals surface area contributed by atoms with Crippen molar-refractivity contribution in [2.45, 2.75) is 25.8 Å². The standard InChI is InChI=1S/C15H20BrN3/c1-3-17-15(13-6-4-5-7-14(13)16)9-8-12-10-18-19(2)11-12/h4-7,10-11,15,17H,3,8-9H2,1-2H3. The topological polar surface area (TPSA) is 29.9 Å². The van der Waals surface area contributed by atoms with E-state index in [1.54, 1.807) is 0 Å². The van der Waals surface area contributed by atoms with Crippen molar-refractivity contribution in [2.75, 3.05) is 6.54 Å². The van der Waals surface area contributed by atoms with E-state index in [9.17, 15) is 0 Å². The van der Waals surface area contributed by atoms with Gasteiger partial charge in [-0.25, -0.2) is 0 Å². The average Bonchev–Trinajstić information content (AvgIpc) is 2.81. The van der Waals surface area contributed by atoms with Gasteiger partial charge in [0.15, 0.2) is 0 Å². The second-order valence-electron chi connectivity index (χ2n) is 4.69. The molecule has 0 saturated heterocycles. The zero-order chi connectivity index (χ0) is 13.7. The molecule has 0 spiro atoms. The highest BCUT2D eigenvalue weighted by Crippen LogP contribution is 2.26. The molecule has 0 saturated carbocycles. The zero-order valence-corrected chi connectivity index (χ0v) is 13.0. The molecular formula is C15H20BrN3. The second-order valence-corrected chi connectivity index (χ2v) is 5.55. The molecule has 1 aromatic carbocycles. The third-order valence-corrected chi connectivity index (χ3v) is 3.93. The number of benzene rings is 1. The van der Waals surface area contributed by atoms with Crippen LogP contribution in [0.2, 0.25) is 0 Å². The molecule has 0 bridgehead atoms. The molecule has 2 rings (SSSR count). The van der Waals surface area contributed by atoms with Gasteiger partial charge in [0.2, 0.25) is 0 Å². The fourth-order valence-corrected chi connectivity index (χ4v) is 2.84.